The Morgan fingerprint density at radius 2 is 2.17 bits per heavy atom. The second-order valence-electron chi connectivity index (χ2n) is 5.77. The summed E-state index contributed by atoms with van der Waals surface area (Å²) < 4.78 is 1.61. The lowest BCUT2D eigenvalue weighted by molar-refractivity contribution is 0.0616. The van der Waals surface area contributed by atoms with Gasteiger partial charge in [-0.1, -0.05) is 28.9 Å². The van der Waals surface area contributed by atoms with E-state index in [2.05, 4.69) is 10.3 Å². The van der Waals surface area contributed by atoms with E-state index in [1.54, 1.807) is 10.7 Å². The molecule has 23 heavy (non-hydrogen) atoms. The smallest absolute Gasteiger partial charge is 0.276 e. The number of aromatic nitrogens is 3. The lowest BCUT2D eigenvalue weighted by atomic mass is 10.0. The highest BCUT2D eigenvalue weighted by atomic mass is 35.5. The highest BCUT2D eigenvalue weighted by Crippen LogP contribution is 2.23. The van der Waals surface area contributed by atoms with Crippen LogP contribution in [-0.2, 0) is 0 Å². The Kier molecular flexibility index (Phi) is 4.63. The Morgan fingerprint density at radius 1 is 1.39 bits per heavy atom. The number of carbonyl (C=O) groups excluding carboxylic acids is 1. The summed E-state index contributed by atoms with van der Waals surface area (Å²) in [6.45, 7) is 3.03. The molecule has 1 fully saturated rings. The van der Waals surface area contributed by atoms with Crippen LogP contribution >= 0.6 is 11.6 Å². The zero-order valence-corrected chi connectivity index (χ0v) is 13.8. The molecule has 2 N–H and O–H groups in total. The number of nitrogens with two attached hydrogens (primary N) is 1. The number of piperidine rings is 1. The second-order valence-corrected chi connectivity index (χ2v) is 6.18. The van der Waals surface area contributed by atoms with Crippen molar-refractivity contribution < 1.29 is 4.79 Å². The molecule has 1 saturated heterocycles. The standard InChI is InChI=1S/C16H20ClN5O/c1-11-15(16(23)21-9-5-4-6-12(21)10-18)19-20-22(11)14-8-3-2-7-13(14)17/h2-3,7-8,12H,4-6,9-10,18H2,1H3/t12-/m1/s1. The minimum absolute atomic E-state index is 0.0844. The predicted molar refractivity (Wildman–Crippen MR) is 88.8 cm³/mol. The van der Waals surface area contributed by atoms with E-state index >= 15 is 0 Å². The van der Waals surface area contributed by atoms with Gasteiger partial charge in [-0.15, -0.1) is 5.10 Å². The first-order valence-electron chi connectivity index (χ1n) is 7.81. The van der Waals surface area contributed by atoms with Crippen LogP contribution in [0.5, 0.6) is 0 Å². The molecule has 0 radical (unpaired) electrons. The lowest BCUT2D eigenvalue weighted by Crippen LogP contribution is -2.47. The molecule has 2 aromatic rings. The first-order valence-corrected chi connectivity index (χ1v) is 8.19. The topological polar surface area (TPSA) is 77.0 Å². The van der Waals surface area contributed by atoms with E-state index < -0.39 is 0 Å². The van der Waals surface area contributed by atoms with E-state index in [9.17, 15) is 4.79 Å². The molecule has 1 aliphatic heterocycles. The SMILES string of the molecule is Cc1c(C(=O)N2CCCC[C@@H]2CN)nnn1-c1ccccc1Cl. The fourth-order valence-corrected chi connectivity index (χ4v) is 3.24. The first-order chi connectivity index (χ1) is 11.1. The van der Waals surface area contributed by atoms with Crippen molar-refractivity contribution in [3.05, 3.63) is 40.7 Å². The molecule has 1 aromatic heterocycles. The fourth-order valence-electron chi connectivity index (χ4n) is 3.03. The Labute approximate surface area is 140 Å². The molecule has 1 amide bonds. The van der Waals surface area contributed by atoms with Gasteiger partial charge in [-0.25, -0.2) is 4.68 Å². The number of nitrogens with zero attached hydrogens (tertiary/aromatic N) is 4. The van der Waals surface area contributed by atoms with Crippen molar-refractivity contribution >= 4 is 17.5 Å². The fraction of sp³-hybridized carbons (Fsp3) is 0.438. The molecular formula is C16H20ClN5O. The van der Waals surface area contributed by atoms with Crippen LogP contribution in [0.2, 0.25) is 5.02 Å². The van der Waals surface area contributed by atoms with Crippen LogP contribution < -0.4 is 5.73 Å². The van der Waals surface area contributed by atoms with E-state index in [0.717, 1.165) is 25.8 Å². The van der Waals surface area contributed by atoms with Gasteiger partial charge in [-0.05, 0) is 38.3 Å². The Hall–Kier alpha value is -1.92. The van der Waals surface area contributed by atoms with Gasteiger partial charge in [0.2, 0.25) is 0 Å². The summed E-state index contributed by atoms with van der Waals surface area (Å²) in [5.41, 5.74) is 7.58. The van der Waals surface area contributed by atoms with Gasteiger partial charge in [0.05, 0.1) is 16.4 Å². The normalized spacial score (nSPS) is 18.2. The molecule has 0 bridgehead atoms. The van der Waals surface area contributed by atoms with Gasteiger partial charge in [0, 0.05) is 19.1 Å². The first kappa shape index (κ1) is 16.0. The van der Waals surface area contributed by atoms with Gasteiger partial charge in [0.15, 0.2) is 5.69 Å². The third kappa shape index (κ3) is 2.96. The van der Waals surface area contributed by atoms with Crippen LogP contribution in [0.15, 0.2) is 24.3 Å². The van der Waals surface area contributed by atoms with Crippen molar-refractivity contribution in [1.82, 2.24) is 19.9 Å². The Morgan fingerprint density at radius 3 is 2.91 bits per heavy atom. The minimum atomic E-state index is -0.101. The maximum Gasteiger partial charge on any atom is 0.276 e. The Balaban J connectivity index is 1.93. The van der Waals surface area contributed by atoms with Gasteiger partial charge in [0.1, 0.15) is 0 Å². The van der Waals surface area contributed by atoms with Crippen LogP contribution in [0.1, 0.15) is 35.4 Å². The molecule has 0 aliphatic carbocycles. The quantitative estimate of drug-likeness (QED) is 0.934. The minimum Gasteiger partial charge on any atom is -0.333 e. The number of carbonyl (C=O) groups is 1. The summed E-state index contributed by atoms with van der Waals surface area (Å²) in [4.78, 5) is 14.7. The molecule has 0 unspecified atom stereocenters. The predicted octanol–water partition coefficient (Wildman–Crippen LogP) is 2.18. The summed E-state index contributed by atoms with van der Waals surface area (Å²) in [7, 11) is 0. The molecule has 1 aromatic carbocycles. The van der Waals surface area contributed by atoms with E-state index in [4.69, 9.17) is 17.3 Å². The molecule has 3 rings (SSSR count). The summed E-state index contributed by atoms with van der Waals surface area (Å²) in [6.07, 6.45) is 3.05. The van der Waals surface area contributed by atoms with E-state index in [1.807, 2.05) is 30.0 Å². The monoisotopic (exact) mass is 333 g/mol. The summed E-state index contributed by atoms with van der Waals surface area (Å²) >= 11 is 6.21. The zero-order valence-electron chi connectivity index (χ0n) is 13.1. The highest BCUT2D eigenvalue weighted by Gasteiger charge is 2.30. The summed E-state index contributed by atoms with van der Waals surface area (Å²) in [5.74, 6) is -0.101. The number of hydrogen-bond donors (Lipinski definition) is 1. The summed E-state index contributed by atoms with van der Waals surface area (Å²) in [6, 6.07) is 7.44. The van der Waals surface area contributed by atoms with Crippen LogP contribution in [0.3, 0.4) is 0 Å². The molecule has 122 valence electrons. The van der Waals surface area contributed by atoms with Crippen LogP contribution in [0.25, 0.3) is 5.69 Å². The number of halogens is 1. The molecular weight excluding hydrogens is 314 g/mol. The van der Waals surface area contributed by atoms with E-state index in [-0.39, 0.29) is 11.9 Å². The van der Waals surface area contributed by atoms with Crippen LogP contribution in [-0.4, -0.2) is 44.9 Å². The van der Waals surface area contributed by atoms with E-state index in [0.29, 0.717) is 28.6 Å². The number of hydrogen-bond acceptors (Lipinski definition) is 4. The Bertz CT molecular complexity index is 714. The van der Waals surface area contributed by atoms with E-state index in [1.165, 1.54) is 0 Å². The molecule has 6 nitrogen and oxygen atoms in total. The largest absolute Gasteiger partial charge is 0.333 e. The number of para-hydroxylation sites is 1. The third-order valence-electron chi connectivity index (χ3n) is 4.34. The van der Waals surface area contributed by atoms with Crippen molar-refractivity contribution in [1.29, 1.82) is 0 Å². The third-order valence-corrected chi connectivity index (χ3v) is 4.66. The number of likely N-dealkylation sites (tertiary alicyclic amines) is 1. The van der Waals surface area contributed by atoms with Crippen molar-refractivity contribution in [3.63, 3.8) is 0 Å². The van der Waals surface area contributed by atoms with Crippen LogP contribution in [0, 0.1) is 6.92 Å². The molecule has 1 atom stereocenters. The van der Waals surface area contributed by atoms with Gasteiger partial charge in [0.25, 0.3) is 5.91 Å². The highest BCUT2D eigenvalue weighted by molar-refractivity contribution is 6.32. The molecule has 2 heterocycles. The number of rotatable bonds is 3. The number of amides is 1. The average molecular weight is 334 g/mol. The number of benzene rings is 1. The van der Waals surface area contributed by atoms with Gasteiger partial charge in [-0.2, -0.15) is 0 Å². The average Bonchev–Trinajstić information content (AvgIpc) is 2.96. The molecule has 0 spiro atoms. The molecule has 7 heteroatoms. The maximum absolute atomic E-state index is 12.8. The van der Waals surface area contributed by atoms with Gasteiger partial charge < -0.3 is 10.6 Å². The van der Waals surface area contributed by atoms with Crippen LogP contribution in [0.4, 0.5) is 0 Å². The van der Waals surface area contributed by atoms with Crippen molar-refractivity contribution in [2.45, 2.75) is 32.2 Å². The van der Waals surface area contributed by atoms with Crippen molar-refractivity contribution in [2.75, 3.05) is 13.1 Å². The van der Waals surface area contributed by atoms with Crippen molar-refractivity contribution in [2.24, 2.45) is 5.73 Å². The maximum atomic E-state index is 12.8. The molecule has 1 aliphatic rings. The lowest BCUT2D eigenvalue weighted by Gasteiger charge is -2.34. The van der Waals surface area contributed by atoms with Gasteiger partial charge in [-0.3, -0.25) is 4.79 Å². The molecule has 0 saturated carbocycles. The summed E-state index contributed by atoms with van der Waals surface area (Å²) in [5, 5.41) is 8.78. The van der Waals surface area contributed by atoms with Gasteiger partial charge >= 0.3 is 0 Å². The second kappa shape index (κ2) is 6.68. The van der Waals surface area contributed by atoms with Crippen molar-refractivity contribution in [3.8, 4) is 5.69 Å². The zero-order chi connectivity index (χ0) is 16.4.